The van der Waals surface area contributed by atoms with Crippen molar-refractivity contribution in [2.24, 2.45) is 11.8 Å². The standard InChI is InChI=1S/C29H38ClFO3/c1-3-18-34-27-17-16-24(19-26(27)30)23-14-12-22(13-15-23)11-10-21(4-2)20-29(31,28(32)33)25-8-6-5-7-9-25/h12-17,19,21,25H,3-11,18,20H2,1-2H3,(H,32,33)/t21?,29-/m0/s1. The van der Waals surface area contributed by atoms with Gasteiger partial charge in [0.05, 0.1) is 11.6 Å². The van der Waals surface area contributed by atoms with Crippen LogP contribution in [-0.2, 0) is 11.2 Å². The van der Waals surface area contributed by atoms with Gasteiger partial charge in [-0.1, -0.05) is 81.5 Å². The summed E-state index contributed by atoms with van der Waals surface area (Å²) in [7, 11) is 0. The van der Waals surface area contributed by atoms with Crippen LogP contribution in [0, 0.1) is 11.8 Å². The van der Waals surface area contributed by atoms with E-state index in [1.807, 2.05) is 25.1 Å². The van der Waals surface area contributed by atoms with Crippen molar-refractivity contribution < 1.29 is 19.0 Å². The van der Waals surface area contributed by atoms with E-state index in [9.17, 15) is 9.90 Å². The van der Waals surface area contributed by atoms with Crippen LogP contribution in [0.25, 0.3) is 11.1 Å². The van der Waals surface area contributed by atoms with Crippen molar-refractivity contribution in [2.45, 2.75) is 83.7 Å². The molecule has 0 aliphatic heterocycles. The molecule has 2 aromatic carbocycles. The number of benzene rings is 2. The maximum absolute atomic E-state index is 15.7. The van der Waals surface area contributed by atoms with E-state index in [4.69, 9.17) is 16.3 Å². The Morgan fingerprint density at radius 1 is 1.12 bits per heavy atom. The number of alkyl halides is 1. The zero-order chi connectivity index (χ0) is 24.6. The SMILES string of the molecule is CCCOc1ccc(-c2ccc(CCC(CC)C[C@@](F)(C(=O)O)C3CCCCC3)cc2)cc1Cl. The fraction of sp³-hybridized carbons (Fsp3) is 0.552. The van der Waals surface area contributed by atoms with Gasteiger partial charge in [-0.25, -0.2) is 9.18 Å². The maximum Gasteiger partial charge on any atom is 0.341 e. The monoisotopic (exact) mass is 488 g/mol. The first kappa shape index (κ1) is 26.5. The lowest BCUT2D eigenvalue weighted by atomic mass is 9.73. The predicted molar refractivity (Wildman–Crippen MR) is 137 cm³/mol. The topological polar surface area (TPSA) is 46.5 Å². The van der Waals surface area contributed by atoms with E-state index in [1.54, 1.807) is 0 Å². The maximum atomic E-state index is 15.7. The first-order chi connectivity index (χ1) is 16.4. The Bertz CT molecular complexity index is 923. The number of carboxylic acids is 1. The summed E-state index contributed by atoms with van der Waals surface area (Å²) in [5.74, 6) is -0.866. The number of ether oxygens (including phenoxy) is 1. The van der Waals surface area contributed by atoms with Crippen LogP contribution in [0.4, 0.5) is 4.39 Å². The molecule has 0 amide bonds. The molecule has 34 heavy (non-hydrogen) atoms. The Kier molecular flexibility index (Phi) is 9.82. The molecule has 0 radical (unpaired) electrons. The minimum absolute atomic E-state index is 0.0529. The average molecular weight is 489 g/mol. The summed E-state index contributed by atoms with van der Waals surface area (Å²) >= 11 is 6.38. The lowest BCUT2D eigenvalue weighted by Crippen LogP contribution is -2.44. The summed E-state index contributed by atoms with van der Waals surface area (Å²) in [5, 5.41) is 10.3. The molecule has 0 heterocycles. The molecule has 1 N–H and O–H groups in total. The molecular weight excluding hydrogens is 451 g/mol. The van der Waals surface area contributed by atoms with Gasteiger partial charge in [0.2, 0.25) is 5.67 Å². The molecule has 1 saturated carbocycles. The van der Waals surface area contributed by atoms with Crippen molar-refractivity contribution in [1.29, 1.82) is 0 Å². The Hall–Kier alpha value is -2.07. The molecule has 0 bridgehead atoms. The molecule has 0 spiro atoms. The van der Waals surface area contributed by atoms with Crippen LogP contribution in [-0.4, -0.2) is 23.4 Å². The quantitative estimate of drug-likeness (QED) is 0.325. The van der Waals surface area contributed by atoms with Gasteiger partial charge in [-0.15, -0.1) is 0 Å². The number of aliphatic carboxylic acids is 1. The second-order valence-electron chi connectivity index (χ2n) is 9.71. The van der Waals surface area contributed by atoms with Crippen molar-refractivity contribution in [3.8, 4) is 16.9 Å². The number of rotatable bonds is 12. The summed E-state index contributed by atoms with van der Waals surface area (Å²) < 4.78 is 21.4. The Labute approximate surface area is 208 Å². The summed E-state index contributed by atoms with van der Waals surface area (Å²) in [6, 6.07) is 14.2. The van der Waals surface area contributed by atoms with Gasteiger partial charge in [0.1, 0.15) is 5.75 Å². The molecule has 0 aromatic heterocycles. The average Bonchev–Trinajstić information content (AvgIpc) is 2.86. The molecule has 186 valence electrons. The third-order valence-corrected chi connectivity index (χ3v) is 7.59. The molecular formula is C29H38ClFO3. The van der Waals surface area contributed by atoms with Gasteiger partial charge in [-0.3, -0.25) is 0 Å². The van der Waals surface area contributed by atoms with Crippen molar-refractivity contribution >= 4 is 17.6 Å². The van der Waals surface area contributed by atoms with Gasteiger partial charge < -0.3 is 9.84 Å². The Morgan fingerprint density at radius 2 is 1.79 bits per heavy atom. The summed E-state index contributed by atoms with van der Waals surface area (Å²) in [5.41, 5.74) is 1.18. The van der Waals surface area contributed by atoms with E-state index >= 15 is 4.39 Å². The van der Waals surface area contributed by atoms with Gasteiger partial charge in [0.25, 0.3) is 0 Å². The van der Waals surface area contributed by atoms with Crippen LogP contribution in [0.15, 0.2) is 42.5 Å². The second-order valence-corrected chi connectivity index (χ2v) is 10.1. The van der Waals surface area contributed by atoms with E-state index < -0.39 is 11.6 Å². The van der Waals surface area contributed by atoms with Crippen LogP contribution in [0.3, 0.4) is 0 Å². The smallest absolute Gasteiger partial charge is 0.341 e. The van der Waals surface area contributed by atoms with E-state index in [2.05, 4.69) is 31.2 Å². The summed E-state index contributed by atoms with van der Waals surface area (Å²) in [6.45, 7) is 4.74. The normalized spacial score (nSPS) is 17.2. The molecule has 3 rings (SSSR count). The highest BCUT2D eigenvalue weighted by Gasteiger charge is 2.47. The predicted octanol–water partition coefficient (Wildman–Crippen LogP) is 8.52. The molecule has 1 aliphatic carbocycles. The van der Waals surface area contributed by atoms with Gasteiger partial charge in [-0.05, 0) is 73.3 Å². The minimum Gasteiger partial charge on any atom is -0.492 e. The lowest BCUT2D eigenvalue weighted by Gasteiger charge is -2.35. The van der Waals surface area contributed by atoms with Crippen LogP contribution in [0.1, 0.15) is 77.2 Å². The van der Waals surface area contributed by atoms with Crippen molar-refractivity contribution in [3.05, 3.63) is 53.1 Å². The van der Waals surface area contributed by atoms with Gasteiger partial charge in [-0.2, -0.15) is 0 Å². The highest BCUT2D eigenvalue weighted by Crippen LogP contribution is 2.41. The minimum atomic E-state index is -2.10. The third kappa shape index (κ3) is 6.75. The molecule has 1 unspecified atom stereocenters. The molecule has 1 fully saturated rings. The first-order valence-corrected chi connectivity index (χ1v) is 13.2. The zero-order valence-electron chi connectivity index (χ0n) is 20.5. The lowest BCUT2D eigenvalue weighted by molar-refractivity contribution is -0.158. The molecule has 5 heteroatoms. The van der Waals surface area contributed by atoms with Crippen molar-refractivity contribution in [1.82, 2.24) is 0 Å². The zero-order valence-corrected chi connectivity index (χ0v) is 21.2. The van der Waals surface area contributed by atoms with Crippen LogP contribution < -0.4 is 4.74 Å². The molecule has 2 atom stereocenters. The molecule has 2 aromatic rings. The van der Waals surface area contributed by atoms with E-state index in [-0.39, 0.29) is 18.3 Å². The molecule has 1 aliphatic rings. The Balaban J connectivity index is 1.61. The summed E-state index contributed by atoms with van der Waals surface area (Å²) in [6.07, 6.45) is 7.78. The van der Waals surface area contributed by atoms with Crippen molar-refractivity contribution in [2.75, 3.05) is 6.61 Å². The first-order valence-electron chi connectivity index (χ1n) is 12.8. The highest BCUT2D eigenvalue weighted by molar-refractivity contribution is 6.32. The fourth-order valence-corrected chi connectivity index (χ4v) is 5.34. The largest absolute Gasteiger partial charge is 0.492 e. The van der Waals surface area contributed by atoms with Crippen LogP contribution in [0.2, 0.25) is 5.02 Å². The van der Waals surface area contributed by atoms with E-state index in [0.29, 0.717) is 30.2 Å². The fourth-order valence-electron chi connectivity index (χ4n) is 5.10. The number of hydrogen-bond donors (Lipinski definition) is 1. The summed E-state index contributed by atoms with van der Waals surface area (Å²) in [4.78, 5) is 11.9. The van der Waals surface area contributed by atoms with Crippen LogP contribution in [0.5, 0.6) is 5.75 Å². The van der Waals surface area contributed by atoms with E-state index in [0.717, 1.165) is 56.1 Å². The number of hydrogen-bond acceptors (Lipinski definition) is 2. The molecule has 3 nitrogen and oxygen atoms in total. The van der Waals surface area contributed by atoms with E-state index in [1.165, 1.54) is 5.56 Å². The number of halogens is 2. The number of carbonyl (C=O) groups is 1. The van der Waals surface area contributed by atoms with Gasteiger partial charge in [0.15, 0.2) is 0 Å². The second kappa shape index (κ2) is 12.6. The Morgan fingerprint density at radius 3 is 2.38 bits per heavy atom. The highest BCUT2D eigenvalue weighted by atomic mass is 35.5. The van der Waals surface area contributed by atoms with Gasteiger partial charge >= 0.3 is 5.97 Å². The number of aryl methyl sites for hydroxylation is 1. The van der Waals surface area contributed by atoms with Gasteiger partial charge in [0, 0.05) is 5.92 Å². The third-order valence-electron chi connectivity index (χ3n) is 7.29. The van der Waals surface area contributed by atoms with Crippen molar-refractivity contribution in [3.63, 3.8) is 0 Å². The molecule has 0 saturated heterocycles. The number of carboxylic acid groups (broad SMARTS) is 1. The van der Waals surface area contributed by atoms with Crippen LogP contribution >= 0.6 is 11.6 Å².